The van der Waals surface area contributed by atoms with Crippen LogP contribution in [0.2, 0.25) is 0 Å². The Balaban J connectivity index is 1.63. The van der Waals surface area contributed by atoms with Crippen LogP contribution in [0, 0.1) is 20.8 Å². The summed E-state index contributed by atoms with van der Waals surface area (Å²) < 4.78 is 10.8. The highest BCUT2D eigenvalue weighted by Gasteiger charge is 2.34. The van der Waals surface area contributed by atoms with E-state index in [0.717, 1.165) is 30.0 Å². The third kappa shape index (κ3) is 4.04. The number of carbonyl (C=O) groups is 1. The van der Waals surface area contributed by atoms with Crippen molar-refractivity contribution in [1.29, 1.82) is 0 Å². The summed E-state index contributed by atoms with van der Waals surface area (Å²) in [4.78, 5) is 25.8. The molecule has 1 amide bonds. The van der Waals surface area contributed by atoms with Crippen LogP contribution in [0.5, 0.6) is 0 Å². The van der Waals surface area contributed by atoms with Gasteiger partial charge in [-0.3, -0.25) is 14.7 Å². The molecule has 4 heterocycles. The van der Waals surface area contributed by atoms with Crippen molar-refractivity contribution in [2.75, 3.05) is 19.6 Å². The normalized spacial score (nSPS) is 18.0. The zero-order valence-corrected chi connectivity index (χ0v) is 16.8. The number of hydrogen-bond donors (Lipinski definition) is 0. The molecule has 0 spiro atoms. The maximum Gasteiger partial charge on any atom is 0.256 e. The van der Waals surface area contributed by atoms with Crippen LogP contribution < -0.4 is 0 Å². The van der Waals surface area contributed by atoms with Crippen molar-refractivity contribution in [3.63, 3.8) is 0 Å². The van der Waals surface area contributed by atoms with E-state index in [1.165, 1.54) is 0 Å². The molecular formula is C20H24N6O3. The molecule has 1 unspecified atom stereocenters. The standard InChI is InChI=1S/C20H24N6O3/c1-13-17(14(2)28-23-13)11-25-8-5-9-26(20(27)16-6-4-7-21-10-16)18(12-25)19-22-15(3)24-29-19/h4,6-7,10,18H,5,8-9,11-12H2,1-3H3. The Labute approximate surface area is 168 Å². The highest BCUT2D eigenvalue weighted by atomic mass is 16.5. The van der Waals surface area contributed by atoms with E-state index in [9.17, 15) is 4.79 Å². The van der Waals surface area contributed by atoms with Gasteiger partial charge in [0, 0.05) is 44.1 Å². The van der Waals surface area contributed by atoms with E-state index in [4.69, 9.17) is 9.05 Å². The molecule has 0 aromatic carbocycles. The average Bonchev–Trinajstić information content (AvgIpc) is 3.21. The van der Waals surface area contributed by atoms with Gasteiger partial charge in [0.2, 0.25) is 0 Å². The molecule has 1 aliphatic rings. The zero-order valence-electron chi connectivity index (χ0n) is 16.8. The minimum Gasteiger partial charge on any atom is -0.361 e. The first-order valence-corrected chi connectivity index (χ1v) is 9.68. The van der Waals surface area contributed by atoms with Gasteiger partial charge in [-0.2, -0.15) is 4.98 Å². The van der Waals surface area contributed by atoms with Gasteiger partial charge in [-0.05, 0) is 39.3 Å². The molecule has 4 rings (SSSR count). The number of aromatic nitrogens is 4. The third-order valence-corrected chi connectivity index (χ3v) is 5.24. The van der Waals surface area contributed by atoms with E-state index in [-0.39, 0.29) is 11.9 Å². The Kier molecular flexibility index (Phi) is 5.39. The van der Waals surface area contributed by atoms with Crippen LogP contribution >= 0.6 is 0 Å². The van der Waals surface area contributed by atoms with Gasteiger partial charge in [-0.15, -0.1) is 0 Å². The monoisotopic (exact) mass is 396 g/mol. The molecule has 0 bridgehead atoms. The fourth-order valence-electron chi connectivity index (χ4n) is 3.71. The quantitative estimate of drug-likeness (QED) is 0.663. The SMILES string of the molecule is Cc1noc(C2CN(Cc3c(C)noc3C)CCCN2C(=O)c2cccnc2)n1. The number of carbonyl (C=O) groups excluding carboxylic acids is 1. The highest BCUT2D eigenvalue weighted by molar-refractivity contribution is 5.94. The summed E-state index contributed by atoms with van der Waals surface area (Å²) in [6, 6.07) is 3.20. The number of rotatable bonds is 4. The Morgan fingerprint density at radius 3 is 2.72 bits per heavy atom. The number of nitrogens with zero attached hydrogens (tertiary/aromatic N) is 6. The van der Waals surface area contributed by atoms with Gasteiger partial charge in [0.1, 0.15) is 11.8 Å². The second-order valence-corrected chi connectivity index (χ2v) is 7.33. The number of hydrogen-bond acceptors (Lipinski definition) is 8. The van der Waals surface area contributed by atoms with Gasteiger partial charge in [0.15, 0.2) is 5.82 Å². The number of amides is 1. The first kappa shape index (κ1) is 19.3. The molecule has 1 atom stereocenters. The Bertz CT molecular complexity index is 964. The molecule has 3 aromatic heterocycles. The minimum absolute atomic E-state index is 0.0851. The molecule has 152 valence electrons. The largest absolute Gasteiger partial charge is 0.361 e. The Hall–Kier alpha value is -3.07. The van der Waals surface area contributed by atoms with Crippen LogP contribution in [0.25, 0.3) is 0 Å². The minimum atomic E-state index is -0.341. The van der Waals surface area contributed by atoms with Gasteiger partial charge < -0.3 is 13.9 Å². The summed E-state index contributed by atoms with van der Waals surface area (Å²) in [7, 11) is 0. The summed E-state index contributed by atoms with van der Waals surface area (Å²) in [5.74, 6) is 1.74. The van der Waals surface area contributed by atoms with Gasteiger partial charge in [0.25, 0.3) is 11.8 Å². The van der Waals surface area contributed by atoms with Crippen molar-refractivity contribution in [3.8, 4) is 0 Å². The summed E-state index contributed by atoms with van der Waals surface area (Å²) in [6.07, 6.45) is 4.08. The van der Waals surface area contributed by atoms with E-state index < -0.39 is 0 Å². The topological polar surface area (TPSA) is 101 Å². The molecule has 0 radical (unpaired) electrons. The first-order chi connectivity index (χ1) is 14.0. The van der Waals surface area contributed by atoms with Crippen LogP contribution in [0.3, 0.4) is 0 Å². The maximum absolute atomic E-state index is 13.2. The summed E-state index contributed by atoms with van der Waals surface area (Å²) in [5, 5.41) is 7.99. The molecule has 0 aliphatic carbocycles. The van der Waals surface area contributed by atoms with Crippen molar-refractivity contribution in [3.05, 3.63) is 58.8 Å². The van der Waals surface area contributed by atoms with Crippen LogP contribution in [0.1, 0.15) is 51.6 Å². The lowest BCUT2D eigenvalue weighted by Crippen LogP contribution is -2.38. The van der Waals surface area contributed by atoms with E-state index in [1.807, 2.05) is 18.7 Å². The Morgan fingerprint density at radius 1 is 1.21 bits per heavy atom. The number of aryl methyl sites for hydroxylation is 3. The molecule has 0 saturated carbocycles. The van der Waals surface area contributed by atoms with Crippen LogP contribution in [-0.2, 0) is 6.54 Å². The van der Waals surface area contributed by atoms with Crippen LogP contribution in [-0.4, -0.2) is 55.6 Å². The maximum atomic E-state index is 13.2. The van der Waals surface area contributed by atoms with Gasteiger partial charge in [-0.25, -0.2) is 0 Å². The van der Waals surface area contributed by atoms with Crippen molar-refractivity contribution in [2.45, 2.75) is 39.8 Å². The lowest BCUT2D eigenvalue weighted by Gasteiger charge is -2.29. The second kappa shape index (κ2) is 8.12. The Morgan fingerprint density at radius 2 is 2.07 bits per heavy atom. The summed E-state index contributed by atoms with van der Waals surface area (Å²) in [6.45, 7) is 8.35. The number of pyridine rings is 1. The predicted molar refractivity (Wildman–Crippen MR) is 103 cm³/mol. The molecule has 9 heteroatoms. The van der Waals surface area contributed by atoms with Gasteiger partial charge >= 0.3 is 0 Å². The second-order valence-electron chi connectivity index (χ2n) is 7.33. The van der Waals surface area contributed by atoms with Crippen molar-refractivity contribution in [2.24, 2.45) is 0 Å². The molecular weight excluding hydrogens is 372 g/mol. The smallest absolute Gasteiger partial charge is 0.256 e. The fourth-order valence-corrected chi connectivity index (χ4v) is 3.71. The zero-order chi connectivity index (χ0) is 20.4. The molecule has 3 aromatic rings. The molecule has 9 nitrogen and oxygen atoms in total. The molecule has 29 heavy (non-hydrogen) atoms. The molecule has 1 aliphatic heterocycles. The lowest BCUT2D eigenvalue weighted by atomic mass is 10.1. The van der Waals surface area contributed by atoms with Crippen LogP contribution in [0.15, 0.2) is 33.6 Å². The van der Waals surface area contributed by atoms with Crippen molar-refractivity contribution >= 4 is 5.91 Å². The third-order valence-electron chi connectivity index (χ3n) is 5.24. The summed E-state index contributed by atoms with van der Waals surface area (Å²) >= 11 is 0. The average molecular weight is 396 g/mol. The molecule has 1 fully saturated rings. The van der Waals surface area contributed by atoms with Gasteiger partial charge in [-0.1, -0.05) is 10.3 Å². The fraction of sp³-hybridized carbons (Fsp3) is 0.450. The molecule has 1 saturated heterocycles. The van der Waals surface area contributed by atoms with Gasteiger partial charge in [0.05, 0.1) is 11.3 Å². The first-order valence-electron chi connectivity index (χ1n) is 9.68. The lowest BCUT2D eigenvalue weighted by molar-refractivity contribution is 0.0630. The highest BCUT2D eigenvalue weighted by Crippen LogP contribution is 2.27. The van der Waals surface area contributed by atoms with E-state index >= 15 is 0 Å². The summed E-state index contributed by atoms with van der Waals surface area (Å²) in [5.41, 5.74) is 2.52. The molecule has 0 N–H and O–H groups in total. The van der Waals surface area contributed by atoms with E-state index in [0.29, 0.717) is 36.9 Å². The predicted octanol–water partition coefficient (Wildman–Crippen LogP) is 2.47. The van der Waals surface area contributed by atoms with E-state index in [2.05, 4.69) is 25.2 Å². The van der Waals surface area contributed by atoms with Crippen molar-refractivity contribution in [1.82, 2.24) is 30.1 Å². The van der Waals surface area contributed by atoms with E-state index in [1.54, 1.807) is 31.5 Å². The van der Waals surface area contributed by atoms with Crippen LogP contribution in [0.4, 0.5) is 0 Å². The van der Waals surface area contributed by atoms with Crippen molar-refractivity contribution < 1.29 is 13.8 Å².